The summed E-state index contributed by atoms with van der Waals surface area (Å²) in [7, 11) is 0. The van der Waals surface area contributed by atoms with E-state index in [1.165, 1.54) is 17.0 Å². The van der Waals surface area contributed by atoms with E-state index in [9.17, 15) is 14.4 Å². The number of anilines is 2. The molecule has 0 saturated heterocycles. The summed E-state index contributed by atoms with van der Waals surface area (Å²) in [5.74, 6) is -0.690. The number of fused-ring (bicyclic) bond motifs is 1. The van der Waals surface area contributed by atoms with Gasteiger partial charge in [0.1, 0.15) is 0 Å². The molecule has 0 radical (unpaired) electrons. The lowest BCUT2D eigenvalue weighted by molar-refractivity contribution is 0.0609. The van der Waals surface area contributed by atoms with Crippen LogP contribution in [0, 0.1) is 11.3 Å². The summed E-state index contributed by atoms with van der Waals surface area (Å²) >= 11 is 0. The van der Waals surface area contributed by atoms with E-state index in [-0.39, 0.29) is 23.4 Å². The molecule has 0 saturated carbocycles. The van der Waals surface area contributed by atoms with Gasteiger partial charge in [-0.15, -0.1) is 0 Å². The predicted octanol–water partition coefficient (Wildman–Crippen LogP) is 3.21. The van der Waals surface area contributed by atoms with Crippen LogP contribution in [0.25, 0.3) is 0 Å². The molecule has 3 rings (SSSR count). The van der Waals surface area contributed by atoms with Crippen molar-refractivity contribution < 1.29 is 14.4 Å². The number of rotatable bonds is 3. The topological polar surface area (TPSA) is 102 Å². The van der Waals surface area contributed by atoms with Gasteiger partial charge in [-0.3, -0.25) is 14.5 Å². The molecule has 0 fully saturated rings. The lowest BCUT2D eigenvalue weighted by Crippen LogP contribution is -2.35. The largest absolute Gasteiger partial charge is 0.323 e. The first-order chi connectivity index (χ1) is 12.4. The zero-order valence-corrected chi connectivity index (χ0v) is 14.2. The standard InChI is InChI=1S/C19H16N4O3/c1-11(2)23-17(24)15-8-7-14(9-16(15)18(23)25)22-19(26)21-13-5-3-12(10-20)4-6-13/h3-9,11H,1-2H3,(H2,21,22,26). The Morgan fingerprint density at radius 3 is 2.15 bits per heavy atom. The number of carbonyl (C=O) groups is 3. The fourth-order valence-corrected chi connectivity index (χ4v) is 2.73. The van der Waals surface area contributed by atoms with Crippen molar-refractivity contribution in [2.75, 3.05) is 10.6 Å². The van der Waals surface area contributed by atoms with Crippen molar-refractivity contribution in [1.29, 1.82) is 5.26 Å². The monoisotopic (exact) mass is 348 g/mol. The highest BCUT2D eigenvalue weighted by Crippen LogP contribution is 2.27. The maximum atomic E-state index is 12.4. The van der Waals surface area contributed by atoms with Crippen LogP contribution in [0.3, 0.4) is 0 Å². The molecule has 7 nitrogen and oxygen atoms in total. The molecule has 0 spiro atoms. The molecule has 0 bridgehead atoms. The maximum absolute atomic E-state index is 12.4. The highest BCUT2D eigenvalue weighted by molar-refractivity contribution is 6.22. The minimum Gasteiger partial charge on any atom is -0.308 e. The second-order valence-corrected chi connectivity index (χ2v) is 6.10. The number of hydrogen-bond acceptors (Lipinski definition) is 4. The van der Waals surface area contributed by atoms with Gasteiger partial charge < -0.3 is 10.6 Å². The number of amides is 4. The lowest BCUT2D eigenvalue weighted by Gasteiger charge is -2.17. The molecule has 2 aromatic carbocycles. The molecule has 1 heterocycles. The van der Waals surface area contributed by atoms with Crippen LogP contribution in [-0.2, 0) is 0 Å². The molecule has 0 aromatic heterocycles. The molecule has 2 aromatic rings. The van der Waals surface area contributed by atoms with Gasteiger partial charge in [0.15, 0.2) is 0 Å². The zero-order chi connectivity index (χ0) is 18.8. The summed E-state index contributed by atoms with van der Waals surface area (Å²) in [5.41, 5.74) is 2.04. The first kappa shape index (κ1) is 17.2. The van der Waals surface area contributed by atoms with Gasteiger partial charge in [-0.05, 0) is 56.3 Å². The first-order valence-electron chi connectivity index (χ1n) is 8.01. The quantitative estimate of drug-likeness (QED) is 0.831. The average Bonchev–Trinajstić information content (AvgIpc) is 2.86. The predicted molar refractivity (Wildman–Crippen MR) is 95.9 cm³/mol. The van der Waals surface area contributed by atoms with E-state index >= 15 is 0 Å². The van der Waals surface area contributed by atoms with Crippen LogP contribution in [0.15, 0.2) is 42.5 Å². The Bertz CT molecular complexity index is 942. The number of benzene rings is 2. The Kier molecular flexibility index (Phi) is 4.42. The third kappa shape index (κ3) is 3.13. The van der Waals surface area contributed by atoms with E-state index in [0.29, 0.717) is 22.5 Å². The number of hydrogen-bond donors (Lipinski definition) is 2. The Hall–Kier alpha value is -3.66. The molecular formula is C19H16N4O3. The summed E-state index contributed by atoms with van der Waals surface area (Å²) in [4.78, 5) is 38.0. The van der Waals surface area contributed by atoms with Gasteiger partial charge >= 0.3 is 6.03 Å². The van der Waals surface area contributed by atoms with E-state index < -0.39 is 6.03 Å². The van der Waals surface area contributed by atoms with Crippen LogP contribution in [0.2, 0.25) is 0 Å². The van der Waals surface area contributed by atoms with E-state index in [1.54, 1.807) is 44.2 Å². The van der Waals surface area contributed by atoms with Crippen LogP contribution in [0.4, 0.5) is 16.2 Å². The van der Waals surface area contributed by atoms with Gasteiger partial charge in [-0.2, -0.15) is 5.26 Å². The van der Waals surface area contributed by atoms with Crippen LogP contribution < -0.4 is 10.6 Å². The third-order valence-corrected chi connectivity index (χ3v) is 3.96. The molecule has 0 unspecified atom stereocenters. The van der Waals surface area contributed by atoms with Crippen LogP contribution >= 0.6 is 0 Å². The highest BCUT2D eigenvalue weighted by atomic mass is 16.2. The van der Waals surface area contributed by atoms with Crippen molar-refractivity contribution >= 4 is 29.2 Å². The Labute approximate surface area is 150 Å². The number of nitrogens with zero attached hydrogens (tertiary/aromatic N) is 2. The Balaban J connectivity index is 1.74. The molecule has 130 valence electrons. The third-order valence-electron chi connectivity index (χ3n) is 3.96. The molecule has 26 heavy (non-hydrogen) atoms. The van der Waals surface area contributed by atoms with Crippen LogP contribution in [0.5, 0.6) is 0 Å². The Morgan fingerprint density at radius 1 is 0.962 bits per heavy atom. The Morgan fingerprint density at radius 2 is 1.54 bits per heavy atom. The number of carbonyl (C=O) groups excluding carboxylic acids is 3. The second-order valence-electron chi connectivity index (χ2n) is 6.10. The van der Waals surface area contributed by atoms with E-state index in [1.807, 2.05) is 6.07 Å². The number of urea groups is 1. The molecule has 7 heteroatoms. The summed E-state index contributed by atoms with van der Waals surface area (Å²) in [5, 5.41) is 14.0. The van der Waals surface area contributed by atoms with Gasteiger partial charge in [0.05, 0.1) is 22.8 Å². The van der Waals surface area contributed by atoms with Crippen molar-refractivity contribution in [2.45, 2.75) is 19.9 Å². The summed E-state index contributed by atoms with van der Waals surface area (Å²) in [6, 6.07) is 12.3. The van der Waals surface area contributed by atoms with Crippen molar-refractivity contribution in [1.82, 2.24) is 4.90 Å². The fourth-order valence-electron chi connectivity index (χ4n) is 2.73. The fraction of sp³-hybridized carbons (Fsp3) is 0.158. The number of nitriles is 1. The van der Waals surface area contributed by atoms with Gasteiger partial charge in [0.2, 0.25) is 0 Å². The van der Waals surface area contributed by atoms with Crippen LogP contribution in [0.1, 0.15) is 40.1 Å². The summed E-state index contributed by atoms with van der Waals surface area (Å²) in [6.45, 7) is 3.54. The van der Waals surface area contributed by atoms with Crippen molar-refractivity contribution in [2.24, 2.45) is 0 Å². The minimum absolute atomic E-state index is 0.238. The first-order valence-corrected chi connectivity index (χ1v) is 8.01. The van der Waals surface area contributed by atoms with E-state index in [0.717, 1.165) is 0 Å². The molecule has 2 N–H and O–H groups in total. The van der Waals surface area contributed by atoms with Crippen LogP contribution in [-0.4, -0.2) is 28.8 Å². The van der Waals surface area contributed by atoms with Gasteiger partial charge in [0, 0.05) is 17.4 Å². The average molecular weight is 348 g/mol. The maximum Gasteiger partial charge on any atom is 0.323 e. The molecular weight excluding hydrogens is 332 g/mol. The summed E-state index contributed by atoms with van der Waals surface area (Å²) < 4.78 is 0. The van der Waals surface area contributed by atoms with Crippen molar-refractivity contribution in [3.63, 3.8) is 0 Å². The van der Waals surface area contributed by atoms with Crippen molar-refractivity contribution in [3.8, 4) is 6.07 Å². The smallest absolute Gasteiger partial charge is 0.308 e. The molecule has 4 amide bonds. The summed E-state index contributed by atoms with van der Waals surface area (Å²) in [6.07, 6.45) is 0. The highest BCUT2D eigenvalue weighted by Gasteiger charge is 2.37. The lowest BCUT2D eigenvalue weighted by atomic mass is 10.1. The SMILES string of the molecule is CC(C)N1C(=O)c2ccc(NC(=O)Nc3ccc(C#N)cc3)cc2C1=O. The van der Waals surface area contributed by atoms with Crippen molar-refractivity contribution in [3.05, 3.63) is 59.2 Å². The number of nitrogens with one attached hydrogen (secondary N) is 2. The van der Waals surface area contributed by atoms with E-state index in [4.69, 9.17) is 5.26 Å². The van der Waals surface area contributed by atoms with Gasteiger partial charge in [-0.25, -0.2) is 4.79 Å². The molecule has 0 aliphatic carbocycles. The molecule has 1 aliphatic rings. The van der Waals surface area contributed by atoms with Gasteiger partial charge in [0.25, 0.3) is 11.8 Å². The number of imide groups is 1. The minimum atomic E-state index is -0.493. The molecule has 1 aliphatic heterocycles. The second kappa shape index (κ2) is 6.69. The zero-order valence-electron chi connectivity index (χ0n) is 14.2. The molecule has 0 atom stereocenters. The van der Waals surface area contributed by atoms with E-state index in [2.05, 4.69) is 10.6 Å². The van der Waals surface area contributed by atoms with Gasteiger partial charge in [-0.1, -0.05) is 0 Å². The normalized spacial score (nSPS) is 12.8.